The van der Waals surface area contributed by atoms with Crippen molar-refractivity contribution >= 4 is 7.82 Å². The topological polar surface area (TPSA) is 87.0 Å². The molecule has 0 spiro atoms. The van der Waals surface area contributed by atoms with E-state index in [0.717, 1.165) is 12.8 Å². The van der Waals surface area contributed by atoms with Crippen LogP contribution in [0.3, 0.4) is 0 Å². The van der Waals surface area contributed by atoms with Crippen molar-refractivity contribution in [3.8, 4) is 5.75 Å². The van der Waals surface area contributed by atoms with Gasteiger partial charge in [-0.05, 0) is 36.6 Å². The highest BCUT2D eigenvalue weighted by Gasteiger charge is 2.23. The lowest BCUT2D eigenvalue weighted by Crippen LogP contribution is -2.03. The molecule has 1 unspecified atom stereocenters. The second-order valence-electron chi connectivity index (χ2n) is 4.27. The first-order valence-corrected chi connectivity index (χ1v) is 7.40. The Kier molecular flexibility index (Phi) is 5.35. The molecule has 0 saturated heterocycles. The Morgan fingerprint density at radius 1 is 1.39 bits per heavy atom. The second-order valence-corrected chi connectivity index (χ2v) is 5.46. The number of aryl methyl sites for hydroxylation is 1. The number of aromatic hydroxyl groups is 1. The monoisotopic (exact) mass is 274 g/mol. The molecule has 1 aromatic carbocycles. The van der Waals surface area contributed by atoms with E-state index < -0.39 is 13.9 Å². The van der Waals surface area contributed by atoms with Gasteiger partial charge in [0, 0.05) is 0 Å². The van der Waals surface area contributed by atoms with Crippen molar-refractivity contribution in [3.63, 3.8) is 0 Å². The summed E-state index contributed by atoms with van der Waals surface area (Å²) in [5.74, 6) is 0.157. The zero-order chi connectivity index (χ0) is 13.8. The van der Waals surface area contributed by atoms with E-state index in [1.54, 1.807) is 19.1 Å². The smallest absolute Gasteiger partial charge is 0.470 e. The van der Waals surface area contributed by atoms with Gasteiger partial charge in [-0.15, -0.1) is 0 Å². The van der Waals surface area contributed by atoms with Gasteiger partial charge < -0.3 is 14.9 Å². The number of unbranched alkanes of at least 4 members (excludes halogenated alkanes) is 1. The first kappa shape index (κ1) is 15.2. The lowest BCUT2D eigenvalue weighted by atomic mass is 10.0. The molecule has 18 heavy (non-hydrogen) atoms. The summed E-state index contributed by atoms with van der Waals surface area (Å²) in [6.07, 6.45) is 1.61. The van der Waals surface area contributed by atoms with Crippen LogP contribution in [0, 0.1) is 6.92 Å². The van der Waals surface area contributed by atoms with Crippen LogP contribution < -0.4 is 0 Å². The number of phosphoric acid groups is 1. The molecule has 6 heteroatoms. The minimum absolute atomic E-state index is 0.157. The molecule has 1 atom stereocenters. The quantitative estimate of drug-likeness (QED) is 0.694. The molecule has 0 aliphatic rings. The maximum Gasteiger partial charge on any atom is 0.470 e. The van der Waals surface area contributed by atoms with Gasteiger partial charge in [0.25, 0.3) is 0 Å². The molecule has 5 nitrogen and oxygen atoms in total. The molecule has 0 radical (unpaired) electrons. The average molecular weight is 274 g/mol. The average Bonchev–Trinajstić information content (AvgIpc) is 2.26. The highest BCUT2D eigenvalue weighted by Crippen LogP contribution is 2.44. The number of phosphoric ester groups is 1. The van der Waals surface area contributed by atoms with E-state index in [-0.39, 0.29) is 5.75 Å². The third-order valence-corrected chi connectivity index (χ3v) is 3.21. The van der Waals surface area contributed by atoms with Gasteiger partial charge in [-0.3, -0.25) is 4.52 Å². The van der Waals surface area contributed by atoms with E-state index in [4.69, 9.17) is 14.3 Å². The third-order valence-electron chi connectivity index (χ3n) is 2.68. The van der Waals surface area contributed by atoms with Crippen molar-refractivity contribution in [1.29, 1.82) is 0 Å². The molecule has 0 heterocycles. The predicted octanol–water partition coefficient (Wildman–Crippen LogP) is 3.04. The van der Waals surface area contributed by atoms with Crippen molar-refractivity contribution in [2.24, 2.45) is 0 Å². The van der Waals surface area contributed by atoms with Crippen LogP contribution in [0.25, 0.3) is 0 Å². The SMILES string of the molecule is CCCCC(OP(=O)(O)O)c1ccc(O)c(C)c1. The Morgan fingerprint density at radius 2 is 2.06 bits per heavy atom. The van der Waals surface area contributed by atoms with E-state index in [9.17, 15) is 9.67 Å². The van der Waals surface area contributed by atoms with Crippen LogP contribution in [0.5, 0.6) is 5.75 Å². The number of phenolic OH excluding ortho intramolecular Hbond substituents is 1. The minimum atomic E-state index is -4.52. The molecule has 0 aliphatic carbocycles. The lowest BCUT2D eigenvalue weighted by Gasteiger charge is -2.19. The molecule has 0 aliphatic heterocycles. The van der Waals surface area contributed by atoms with Crippen molar-refractivity contribution in [2.45, 2.75) is 39.2 Å². The normalized spacial score (nSPS) is 13.6. The van der Waals surface area contributed by atoms with Crippen molar-refractivity contribution in [3.05, 3.63) is 29.3 Å². The standard InChI is InChI=1S/C12H19O5P/c1-3-4-5-12(17-18(14,15)16)10-6-7-11(13)9(2)8-10/h6-8,12-13H,3-5H2,1-2H3,(H2,14,15,16). The Bertz CT molecular complexity index is 440. The maximum atomic E-state index is 11.0. The van der Waals surface area contributed by atoms with Gasteiger partial charge in [0.15, 0.2) is 0 Å². The molecule has 0 saturated carbocycles. The molecule has 1 rings (SSSR count). The number of hydrogen-bond acceptors (Lipinski definition) is 3. The molecule has 0 fully saturated rings. The van der Waals surface area contributed by atoms with E-state index in [2.05, 4.69) is 0 Å². The molecule has 102 valence electrons. The van der Waals surface area contributed by atoms with E-state index in [1.807, 2.05) is 6.92 Å². The van der Waals surface area contributed by atoms with E-state index in [1.165, 1.54) is 6.07 Å². The van der Waals surface area contributed by atoms with Gasteiger partial charge >= 0.3 is 7.82 Å². The summed E-state index contributed by atoms with van der Waals surface area (Å²) < 4.78 is 15.8. The molecule has 0 amide bonds. The van der Waals surface area contributed by atoms with E-state index >= 15 is 0 Å². The Balaban J connectivity index is 2.93. The minimum Gasteiger partial charge on any atom is -0.508 e. The molecule has 3 N–H and O–H groups in total. The lowest BCUT2D eigenvalue weighted by molar-refractivity contribution is 0.125. The molecule has 1 aromatic rings. The first-order chi connectivity index (χ1) is 8.33. The zero-order valence-corrected chi connectivity index (χ0v) is 11.4. The fourth-order valence-corrected chi connectivity index (χ4v) is 2.27. The predicted molar refractivity (Wildman–Crippen MR) is 68.2 cm³/mol. The first-order valence-electron chi connectivity index (χ1n) is 5.87. The van der Waals surface area contributed by atoms with Crippen LogP contribution in [0.1, 0.15) is 43.4 Å². The fraction of sp³-hybridized carbons (Fsp3) is 0.500. The maximum absolute atomic E-state index is 11.0. The highest BCUT2D eigenvalue weighted by molar-refractivity contribution is 7.46. The van der Waals surface area contributed by atoms with Crippen LogP contribution in [-0.2, 0) is 9.09 Å². The van der Waals surface area contributed by atoms with Crippen LogP contribution >= 0.6 is 7.82 Å². The Hall–Kier alpha value is -0.870. The molecule has 0 aromatic heterocycles. The summed E-state index contributed by atoms with van der Waals surface area (Å²) >= 11 is 0. The number of phenols is 1. The van der Waals surface area contributed by atoms with Crippen LogP contribution in [0.2, 0.25) is 0 Å². The third kappa shape index (κ3) is 4.78. The van der Waals surface area contributed by atoms with Gasteiger partial charge in [-0.1, -0.05) is 25.8 Å². The van der Waals surface area contributed by atoms with Crippen LogP contribution in [0.15, 0.2) is 18.2 Å². The highest BCUT2D eigenvalue weighted by atomic mass is 31.2. The summed E-state index contributed by atoms with van der Waals surface area (Å²) in [5, 5.41) is 9.44. The van der Waals surface area contributed by atoms with Gasteiger partial charge in [0.05, 0.1) is 6.10 Å². The molecular weight excluding hydrogens is 255 g/mol. The Labute approximate surface area is 107 Å². The van der Waals surface area contributed by atoms with Crippen molar-refractivity contribution < 1.29 is 24.0 Å². The molecular formula is C12H19O5P. The van der Waals surface area contributed by atoms with Gasteiger partial charge in [0.2, 0.25) is 0 Å². The summed E-state index contributed by atoms with van der Waals surface area (Å²) in [7, 11) is -4.52. The second kappa shape index (κ2) is 6.34. The summed E-state index contributed by atoms with van der Waals surface area (Å²) in [5.41, 5.74) is 1.32. The van der Waals surface area contributed by atoms with Gasteiger partial charge in [-0.2, -0.15) is 0 Å². The van der Waals surface area contributed by atoms with Crippen LogP contribution in [0.4, 0.5) is 0 Å². The number of rotatable bonds is 6. The molecule has 0 bridgehead atoms. The van der Waals surface area contributed by atoms with Crippen LogP contribution in [-0.4, -0.2) is 14.9 Å². The van der Waals surface area contributed by atoms with Crippen molar-refractivity contribution in [1.82, 2.24) is 0 Å². The summed E-state index contributed by atoms with van der Waals surface area (Å²) in [6, 6.07) is 4.82. The summed E-state index contributed by atoms with van der Waals surface area (Å²) in [4.78, 5) is 17.8. The Morgan fingerprint density at radius 3 is 2.56 bits per heavy atom. The number of hydrogen-bond donors (Lipinski definition) is 3. The van der Waals surface area contributed by atoms with E-state index in [0.29, 0.717) is 17.5 Å². The largest absolute Gasteiger partial charge is 0.508 e. The van der Waals surface area contributed by atoms with Crippen molar-refractivity contribution in [2.75, 3.05) is 0 Å². The summed E-state index contributed by atoms with van der Waals surface area (Å²) in [6.45, 7) is 3.73. The van der Waals surface area contributed by atoms with Gasteiger partial charge in [0.1, 0.15) is 5.75 Å². The zero-order valence-electron chi connectivity index (χ0n) is 10.5. The number of benzene rings is 1. The fourth-order valence-electron chi connectivity index (χ4n) is 1.71. The van der Waals surface area contributed by atoms with Gasteiger partial charge in [-0.25, -0.2) is 4.57 Å².